The molecule has 0 aromatic carbocycles. The molecule has 0 amide bonds. The van der Waals surface area contributed by atoms with E-state index < -0.39 is 18.1 Å². The van der Waals surface area contributed by atoms with Gasteiger partial charge in [-0.2, -0.15) is 0 Å². The molecule has 51 valence electrons. The molecule has 3 heteroatoms. The van der Waals surface area contributed by atoms with Crippen molar-refractivity contribution < 1.29 is 15.0 Å². The quantitative estimate of drug-likeness (QED) is 0.488. The maximum Gasteiger partial charge on any atom is 0.204 e. The number of aliphatic hydroxyl groups is 2. The summed E-state index contributed by atoms with van der Waals surface area (Å²) in [5.74, 6) is -0.458. The predicted octanol–water partition coefficient (Wildman–Crippen LogP) is -0.772. The van der Waals surface area contributed by atoms with Crippen LogP contribution in [0.25, 0.3) is 0 Å². The summed E-state index contributed by atoms with van der Waals surface area (Å²) in [6.45, 7) is 0. The van der Waals surface area contributed by atoms with Crippen LogP contribution in [-0.4, -0.2) is 28.7 Å². The van der Waals surface area contributed by atoms with Crippen LogP contribution in [0.1, 0.15) is 12.8 Å². The molecule has 0 bridgehead atoms. The Morgan fingerprint density at radius 2 is 2.00 bits per heavy atom. The lowest BCUT2D eigenvalue weighted by molar-refractivity contribution is 0.131. The summed E-state index contributed by atoms with van der Waals surface area (Å²) in [7, 11) is 0. The van der Waals surface area contributed by atoms with Crippen molar-refractivity contribution in [3.8, 4) is 0 Å². The zero-order valence-corrected chi connectivity index (χ0v) is 4.95. The number of aliphatic hydroxyl groups excluding tert-OH is 2. The molecule has 1 saturated carbocycles. The van der Waals surface area contributed by atoms with Crippen LogP contribution in [0.4, 0.5) is 0 Å². The van der Waals surface area contributed by atoms with Gasteiger partial charge in [-0.1, -0.05) is 0 Å². The fourth-order valence-corrected chi connectivity index (χ4v) is 1.12. The van der Waals surface area contributed by atoms with Crippen LogP contribution >= 0.6 is 0 Å². The van der Waals surface area contributed by atoms with E-state index in [0.717, 1.165) is 0 Å². The van der Waals surface area contributed by atoms with Crippen molar-refractivity contribution in [3.63, 3.8) is 0 Å². The molecule has 1 aliphatic rings. The molecular weight excluding hydrogens is 120 g/mol. The average Bonchev–Trinajstić information content (AvgIpc) is 2.10. The van der Waals surface area contributed by atoms with Crippen LogP contribution in [0.5, 0.6) is 0 Å². The molecule has 0 aromatic rings. The molecular formula is C6H9O3. The Labute approximate surface area is 53.3 Å². The third-order valence-electron chi connectivity index (χ3n) is 1.66. The fraction of sp³-hybridized carbons (Fsp3) is 0.833. The summed E-state index contributed by atoms with van der Waals surface area (Å²) in [6, 6.07) is 0. The molecule has 1 aliphatic carbocycles. The summed E-state index contributed by atoms with van der Waals surface area (Å²) in [5, 5.41) is 17.8. The van der Waals surface area contributed by atoms with Gasteiger partial charge in [0.1, 0.15) is 0 Å². The molecule has 3 atom stereocenters. The maximum atomic E-state index is 9.97. The van der Waals surface area contributed by atoms with Crippen molar-refractivity contribution in [3.05, 3.63) is 0 Å². The second-order valence-corrected chi connectivity index (χ2v) is 2.42. The van der Waals surface area contributed by atoms with Crippen molar-refractivity contribution in [1.29, 1.82) is 0 Å². The Morgan fingerprint density at radius 3 is 2.22 bits per heavy atom. The number of rotatable bonds is 1. The third-order valence-corrected chi connectivity index (χ3v) is 1.66. The first-order chi connectivity index (χ1) is 4.24. The minimum Gasteiger partial charge on any atom is -0.393 e. The van der Waals surface area contributed by atoms with E-state index in [1.165, 1.54) is 0 Å². The maximum absolute atomic E-state index is 9.97. The molecule has 0 heterocycles. The van der Waals surface area contributed by atoms with E-state index in [1.54, 1.807) is 6.29 Å². The molecule has 0 aromatic heterocycles. The zero-order chi connectivity index (χ0) is 6.85. The molecule has 3 nitrogen and oxygen atoms in total. The highest BCUT2D eigenvalue weighted by Crippen LogP contribution is 2.23. The van der Waals surface area contributed by atoms with Crippen LogP contribution in [0.2, 0.25) is 0 Å². The summed E-state index contributed by atoms with van der Waals surface area (Å²) in [6.07, 6.45) is 1.19. The lowest BCUT2D eigenvalue weighted by Crippen LogP contribution is -2.13. The van der Waals surface area contributed by atoms with Crippen LogP contribution in [0.3, 0.4) is 0 Å². The van der Waals surface area contributed by atoms with E-state index >= 15 is 0 Å². The van der Waals surface area contributed by atoms with Gasteiger partial charge in [0.15, 0.2) is 0 Å². The lowest BCUT2D eigenvalue weighted by Gasteiger charge is -2.01. The molecule has 0 aliphatic heterocycles. The van der Waals surface area contributed by atoms with Crippen LogP contribution < -0.4 is 0 Å². The normalized spacial score (nSPS) is 43.1. The van der Waals surface area contributed by atoms with Crippen molar-refractivity contribution in [1.82, 2.24) is 0 Å². The lowest BCUT2D eigenvalue weighted by atomic mass is 10.1. The monoisotopic (exact) mass is 129 g/mol. The van der Waals surface area contributed by atoms with Crippen LogP contribution in [0.15, 0.2) is 0 Å². The van der Waals surface area contributed by atoms with Gasteiger partial charge >= 0.3 is 0 Å². The van der Waals surface area contributed by atoms with Gasteiger partial charge in [0, 0.05) is 0 Å². The molecule has 3 unspecified atom stereocenters. The van der Waals surface area contributed by atoms with Gasteiger partial charge in [0.2, 0.25) is 6.29 Å². The van der Waals surface area contributed by atoms with Gasteiger partial charge in [-0.25, -0.2) is 0 Å². The van der Waals surface area contributed by atoms with Gasteiger partial charge in [-0.3, -0.25) is 4.79 Å². The average molecular weight is 129 g/mol. The molecule has 2 N–H and O–H groups in total. The standard InChI is InChI=1S/C6H9O3/c7-3-4-1-5(8)2-6(4)9/h4-6,8-9H,1-2H2. The van der Waals surface area contributed by atoms with Crippen LogP contribution in [-0.2, 0) is 4.79 Å². The van der Waals surface area contributed by atoms with E-state index in [2.05, 4.69) is 0 Å². The highest BCUT2D eigenvalue weighted by Gasteiger charge is 2.31. The second kappa shape index (κ2) is 2.45. The summed E-state index contributed by atoms with van der Waals surface area (Å²) < 4.78 is 0. The first-order valence-electron chi connectivity index (χ1n) is 2.98. The summed E-state index contributed by atoms with van der Waals surface area (Å²) in [5.41, 5.74) is 0. The SMILES string of the molecule is O=[C]C1CC(O)CC1O. The Bertz CT molecular complexity index is 113. The molecule has 1 fully saturated rings. The number of hydrogen-bond donors (Lipinski definition) is 2. The number of hydrogen-bond acceptors (Lipinski definition) is 3. The predicted molar refractivity (Wildman–Crippen MR) is 30.4 cm³/mol. The van der Waals surface area contributed by atoms with E-state index in [9.17, 15) is 4.79 Å². The molecule has 1 radical (unpaired) electrons. The Balaban J connectivity index is 2.47. The van der Waals surface area contributed by atoms with Crippen molar-refractivity contribution in [2.45, 2.75) is 25.0 Å². The Hall–Kier alpha value is -0.410. The van der Waals surface area contributed by atoms with Gasteiger partial charge in [-0.05, 0) is 12.8 Å². The van der Waals surface area contributed by atoms with Gasteiger partial charge in [-0.15, -0.1) is 0 Å². The van der Waals surface area contributed by atoms with Crippen molar-refractivity contribution in [2.75, 3.05) is 0 Å². The highest BCUT2D eigenvalue weighted by atomic mass is 16.3. The smallest absolute Gasteiger partial charge is 0.204 e. The summed E-state index contributed by atoms with van der Waals surface area (Å²) in [4.78, 5) is 9.97. The van der Waals surface area contributed by atoms with Gasteiger partial charge < -0.3 is 10.2 Å². The van der Waals surface area contributed by atoms with E-state index in [1.807, 2.05) is 0 Å². The fourth-order valence-electron chi connectivity index (χ4n) is 1.12. The van der Waals surface area contributed by atoms with Gasteiger partial charge in [0.05, 0.1) is 18.1 Å². The van der Waals surface area contributed by atoms with E-state index in [4.69, 9.17) is 10.2 Å². The Morgan fingerprint density at radius 1 is 1.33 bits per heavy atom. The molecule has 0 saturated heterocycles. The van der Waals surface area contributed by atoms with E-state index in [0.29, 0.717) is 12.8 Å². The first-order valence-corrected chi connectivity index (χ1v) is 2.98. The number of carbonyl (C=O) groups excluding carboxylic acids is 1. The van der Waals surface area contributed by atoms with E-state index in [-0.39, 0.29) is 0 Å². The molecule has 0 spiro atoms. The first kappa shape index (κ1) is 6.71. The Kier molecular flexibility index (Phi) is 1.83. The summed E-state index contributed by atoms with van der Waals surface area (Å²) >= 11 is 0. The molecule has 1 rings (SSSR count). The topological polar surface area (TPSA) is 57.5 Å². The minimum atomic E-state index is -0.669. The van der Waals surface area contributed by atoms with Gasteiger partial charge in [0.25, 0.3) is 0 Å². The van der Waals surface area contributed by atoms with Crippen molar-refractivity contribution >= 4 is 6.29 Å². The largest absolute Gasteiger partial charge is 0.393 e. The zero-order valence-electron chi connectivity index (χ0n) is 4.95. The highest BCUT2D eigenvalue weighted by molar-refractivity contribution is 5.56. The minimum absolute atomic E-state index is 0.319. The van der Waals surface area contributed by atoms with Crippen LogP contribution in [0, 0.1) is 5.92 Å². The third kappa shape index (κ3) is 1.28. The second-order valence-electron chi connectivity index (χ2n) is 2.42. The molecule has 9 heavy (non-hydrogen) atoms. The van der Waals surface area contributed by atoms with Crippen molar-refractivity contribution in [2.24, 2.45) is 5.92 Å².